The lowest BCUT2D eigenvalue weighted by Gasteiger charge is -2.24. The highest BCUT2D eigenvalue weighted by Gasteiger charge is 2.21. The fraction of sp³-hybridized carbons (Fsp3) is 0.833. The van der Waals surface area contributed by atoms with Gasteiger partial charge in [0.15, 0.2) is 5.78 Å². The van der Waals surface area contributed by atoms with Gasteiger partial charge >= 0.3 is 0 Å². The predicted octanol–water partition coefficient (Wildman–Crippen LogP) is 2.32. The molecule has 0 aliphatic rings. The summed E-state index contributed by atoms with van der Waals surface area (Å²) in [6.45, 7) is 19.8. The van der Waals surface area contributed by atoms with Crippen molar-refractivity contribution in [3.63, 3.8) is 0 Å². The van der Waals surface area contributed by atoms with Crippen LogP contribution in [-0.2, 0) is 19.2 Å². The normalized spacial score (nSPS) is 12.9. The maximum Gasteiger partial charge on any atom is 0.241 e. The van der Waals surface area contributed by atoms with E-state index in [0.717, 1.165) is 6.54 Å². The van der Waals surface area contributed by atoms with Gasteiger partial charge in [-0.15, -0.1) is 0 Å². The Morgan fingerprint density at radius 1 is 0.719 bits per heavy atom. The van der Waals surface area contributed by atoms with Crippen LogP contribution in [0.2, 0.25) is 0 Å². The summed E-state index contributed by atoms with van der Waals surface area (Å²) in [6, 6.07) is -0.441. The maximum absolute atomic E-state index is 11.7. The van der Waals surface area contributed by atoms with Gasteiger partial charge in [0.05, 0.1) is 18.6 Å². The zero-order valence-corrected chi connectivity index (χ0v) is 22.4. The van der Waals surface area contributed by atoms with Gasteiger partial charge in [-0.25, -0.2) is 0 Å². The molecule has 0 radical (unpaired) electrons. The summed E-state index contributed by atoms with van der Waals surface area (Å²) in [5, 5.41) is 5.81. The third-order valence-electron chi connectivity index (χ3n) is 4.64. The van der Waals surface area contributed by atoms with Crippen molar-refractivity contribution in [2.75, 3.05) is 27.2 Å². The highest BCUT2D eigenvalue weighted by molar-refractivity contribution is 5.91. The first-order valence-corrected chi connectivity index (χ1v) is 11.6. The van der Waals surface area contributed by atoms with Crippen LogP contribution in [0.1, 0.15) is 69.2 Å². The Morgan fingerprint density at radius 2 is 1.22 bits per heavy atom. The van der Waals surface area contributed by atoms with Crippen LogP contribution in [0.25, 0.3) is 0 Å². The fourth-order valence-corrected chi connectivity index (χ4v) is 2.98. The highest BCUT2D eigenvalue weighted by Crippen LogP contribution is 2.02. The molecule has 0 saturated heterocycles. The molecular weight excluding hydrogens is 408 g/mol. The van der Waals surface area contributed by atoms with Crippen molar-refractivity contribution in [2.45, 2.75) is 87.4 Å². The number of amides is 3. The van der Waals surface area contributed by atoms with Crippen LogP contribution in [0.5, 0.6) is 0 Å². The minimum absolute atomic E-state index is 0.00583. The van der Waals surface area contributed by atoms with Gasteiger partial charge in [0.25, 0.3) is 0 Å². The molecule has 0 heterocycles. The van der Waals surface area contributed by atoms with E-state index in [-0.39, 0.29) is 54.0 Å². The molecule has 2 N–H and O–H groups in total. The van der Waals surface area contributed by atoms with Crippen LogP contribution in [0.4, 0.5) is 0 Å². The first-order valence-electron chi connectivity index (χ1n) is 11.6. The molecule has 0 aliphatic carbocycles. The summed E-state index contributed by atoms with van der Waals surface area (Å²) < 4.78 is 0. The third-order valence-corrected chi connectivity index (χ3v) is 4.64. The van der Waals surface area contributed by atoms with Crippen molar-refractivity contribution < 1.29 is 19.2 Å². The van der Waals surface area contributed by atoms with Gasteiger partial charge in [0, 0.05) is 38.5 Å². The molecule has 0 aromatic carbocycles. The number of Topliss-reactive ketones (excluding diaryl/α,β-unsaturated/α-hetero) is 1. The van der Waals surface area contributed by atoms with E-state index in [0.29, 0.717) is 5.92 Å². The number of hydrogen-bond donors (Lipinski definition) is 2. The fourth-order valence-electron chi connectivity index (χ4n) is 2.98. The molecule has 8 heteroatoms. The second-order valence-corrected chi connectivity index (χ2v) is 9.85. The van der Waals surface area contributed by atoms with Gasteiger partial charge in [-0.3, -0.25) is 19.2 Å². The lowest BCUT2D eigenvalue weighted by Crippen LogP contribution is -2.50. The van der Waals surface area contributed by atoms with Gasteiger partial charge in [0.2, 0.25) is 17.7 Å². The average Bonchev–Trinajstić information content (AvgIpc) is 2.65. The molecule has 0 saturated carbocycles. The zero-order valence-electron chi connectivity index (χ0n) is 22.4. The van der Waals surface area contributed by atoms with Gasteiger partial charge in [-0.1, -0.05) is 55.4 Å². The Kier molecular flexibility index (Phi) is 15.9. The monoisotopic (exact) mass is 456 g/mol. The van der Waals surface area contributed by atoms with Crippen LogP contribution in [0.15, 0.2) is 0 Å². The molecule has 8 nitrogen and oxygen atoms in total. The molecule has 0 spiro atoms. The second-order valence-electron chi connectivity index (χ2n) is 9.85. The van der Waals surface area contributed by atoms with Crippen molar-refractivity contribution in [2.24, 2.45) is 17.8 Å². The molecule has 0 aromatic heterocycles. The topological polar surface area (TPSA) is 98.8 Å². The molecule has 0 rings (SSSR count). The first kappa shape index (κ1) is 32.2. The van der Waals surface area contributed by atoms with Crippen LogP contribution in [-0.4, -0.2) is 78.6 Å². The summed E-state index contributed by atoms with van der Waals surface area (Å²) in [5.41, 5.74) is 0. The number of hydrogen-bond acceptors (Lipinski definition) is 5. The summed E-state index contributed by atoms with van der Waals surface area (Å²) in [5.74, 6) is 0.258. The van der Waals surface area contributed by atoms with E-state index in [1.165, 1.54) is 4.90 Å². The number of nitrogens with zero attached hydrogens (tertiary/aromatic N) is 2. The number of rotatable bonds is 11. The predicted molar refractivity (Wildman–Crippen MR) is 130 cm³/mol. The van der Waals surface area contributed by atoms with E-state index in [1.807, 2.05) is 41.5 Å². The maximum atomic E-state index is 11.7. The molecule has 1 unspecified atom stereocenters. The minimum atomic E-state index is -0.413. The van der Waals surface area contributed by atoms with Crippen LogP contribution < -0.4 is 10.6 Å². The van der Waals surface area contributed by atoms with Crippen molar-refractivity contribution >= 4 is 23.5 Å². The minimum Gasteiger partial charge on any atom is -0.345 e. The van der Waals surface area contributed by atoms with E-state index in [9.17, 15) is 19.2 Å². The molecule has 0 fully saturated rings. The van der Waals surface area contributed by atoms with Crippen molar-refractivity contribution in [3.05, 3.63) is 0 Å². The van der Waals surface area contributed by atoms with Gasteiger partial charge in [0.1, 0.15) is 0 Å². The largest absolute Gasteiger partial charge is 0.345 e. The first-order chi connectivity index (χ1) is 14.5. The lowest BCUT2D eigenvalue weighted by molar-refractivity contribution is -0.140. The Balaban J connectivity index is 0. The van der Waals surface area contributed by atoms with E-state index in [1.54, 1.807) is 32.8 Å². The van der Waals surface area contributed by atoms with Gasteiger partial charge in [-0.05, 0) is 19.8 Å². The van der Waals surface area contributed by atoms with Gasteiger partial charge in [-0.2, -0.15) is 0 Å². The van der Waals surface area contributed by atoms with Crippen molar-refractivity contribution in [1.29, 1.82) is 0 Å². The Bertz CT molecular complexity index is 551. The Labute approximate surface area is 195 Å². The van der Waals surface area contributed by atoms with Crippen LogP contribution in [0.3, 0.4) is 0 Å². The van der Waals surface area contributed by atoms with E-state index in [2.05, 4.69) is 24.5 Å². The second kappa shape index (κ2) is 15.8. The molecule has 0 bridgehead atoms. The third kappa shape index (κ3) is 14.2. The van der Waals surface area contributed by atoms with Crippen LogP contribution in [0, 0.1) is 17.8 Å². The standard InChI is InChI=1S/2C12H24N2O2/c1-9(2)7-13(5)11(15)8-14(6)12(16)10(3)4;1-7(2)11(15)9(5)14-12(16)10(6)13-8(3)4/h9-10H,7-8H2,1-6H3;7-10,13H,1-6H3,(H,14,16)/t;9-,10?/m.1/s1. The number of nitrogens with one attached hydrogen (secondary N) is 2. The molecule has 32 heavy (non-hydrogen) atoms. The van der Waals surface area contributed by atoms with Crippen LogP contribution >= 0.6 is 0 Å². The highest BCUT2D eigenvalue weighted by atomic mass is 16.2. The summed E-state index contributed by atoms with van der Waals surface area (Å²) in [4.78, 5) is 49.8. The number of carbonyl (C=O) groups excluding carboxylic acids is 4. The molecule has 3 amide bonds. The number of ketones is 1. The van der Waals surface area contributed by atoms with E-state index >= 15 is 0 Å². The quantitative estimate of drug-likeness (QED) is 0.497. The molecular formula is C24H48N4O4. The van der Waals surface area contributed by atoms with E-state index < -0.39 is 6.04 Å². The smallest absolute Gasteiger partial charge is 0.241 e. The van der Waals surface area contributed by atoms with Crippen molar-refractivity contribution in [3.8, 4) is 0 Å². The Hall–Kier alpha value is -1.96. The van der Waals surface area contributed by atoms with E-state index in [4.69, 9.17) is 0 Å². The summed E-state index contributed by atoms with van der Waals surface area (Å²) in [7, 11) is 3.44. The average molecular weight is 457 g/mol. The number of carbonyl (C=O) groups is 4. The Morgan fingerprint density at radius 3 is 1.59 bits per heavy atom. The molecule has 0 aromatic rings. The number of likely N-dealkylation sites (N-methyl/N-ethyl adjacent to an activating group) is 2. The summed E-state index contributed by atoms with van der Waals surface area (Å²) >= 11 is 0. The zero-order chi connectivity index (χ0) is 25.8. The molecule has 2 atom stereocenters. The van der Waals surface area contributed by atoms with Gasteiger partial charge < -0.3 is 20.4 Å². The molecule has 188 valence electrons. The lowest BCUT2D eigenvalue weighted by atomic mass is 10.0. The molecule has 0 aliphatic heterocycles. The van der Waals surface area contributed by atoms with Crippen molar-refractivity contribution in [1.82, 2.24) is 20.4 Å². The summed E-state index contributed by atoms with van der Waals surface area (Å²) in [6.07, 6.45) is 0. The SMILES string of the molecule is CC(C)CN(C)C(=O)CN(C)C(=O)C(C)C.CC(C)NC(C)C(=O)N[C@H](C)C(=O)C(C)C.